The maximum Gasteiger partial charge on any atom is 0.192 e. The van der Waals surface area contributed by atoms with Crippen LogP contribution in [0.4, 0.5) is 0 Å². The molecule has 2 aliphatic carbocycles. The molecular weight excluding hydrogens is 452 g/mol. The highest BCUT2D eigenvalue weighted by Crippen LogP contribution is 2.57. The van der Waals surface area contributed by atoms with E-state index in [-0.39, 0.29) is 11.6 Å². The summed E-state index contributed by atoms with van der Waals surface area (Å²) in [5.74, 6) is 0.243. The van der Waals surface area contributed by atoms with Crippen LogP contribution in [0.1, 0.15) is 46.1 Å². The Morgan fingerprint density at radius 2 is 1.97 bits per heavy atom. The van der Waals surface area contributed by atoms with E-state index in [2.05, 4.69) is 24.3 Å². The Bertz CT molecular complexity index is 1290. The summed E-state index contributed by atoms with van der Waals surface area (Å²) in [7, 11) is 0. The van der Waals surface area contributed by atoms with Gasteiger partial charge >= 0.3 is 0 Å². The van der Waals surface area contributed by atoms with Gasteiger partial charge in [0.05, 0.1) is 23.4 Å². The zero-order valence-corrected chi connectivity index (χ0v) is 20.1. The summed E-state index contributed by atoms with van der Waals surface area (Å²) < 4.78 is 6.06. The maximum atomic E-state index is 10.2. The second kappa shape index (κ2) is 8.95. The summed E-state index contributed by atoms with van der Waals surface area (Å²) in [4.78, 5) is 2.00. The molecule has 0 fully saturated rings. The highest BCUT2D eigenvalue weighted by molar-refractivity contribution is 7.12. The molecular formula is C26H23ClN4OS. The molecule has 0 saturated carbocycles. The number of nitrogens with zero attached hydrogens (tertiary/aromatic N) is 3. The molecule has 2 aromatic rings. The quantitative estimate of drug-likeness (QED) is 0.568. The van der Waals surface area contributed by atoms with Crippen molar-refractivity contribution in [1.29, 1.82) is 15.8 Å². The van der Waals surface area contributed by atoms with E-state index in [1.807, 2.05) is 32.0 Å². The van der Waals surface area contributed by atoms with E-state index in [4.69, 9.17) is 22.1 Å². The number of aryl methyl sites for hydroxylation is 2. The molecule has 4 rings (SSSR count). The van der Waals surface area contributed by atoms with Gasteiger partial charge in [0.2, 0.25) is 0 Å². The summed E-state index contributed by atoms with van der Waals surface area (Å²) in [5.41, 5.74) is 8.01. The Labute approximate surface area is 203 Å². The lowest BCUT2D eigenvalue weighted by Crippen LogP contribution is -2.42. The predicted molar refractivity (Wildman–Crippen MR) is 128 cm³/mol. The minimum Gasteiger partial charge on any atom is -0.489 e. The van der Waals surface area contributed by atoms with Crippen LogP contribution in [-0.4, -0.2) is 0 Å². The third kappa shape index (κ3) is 3.79. The van der Waals surface area contributed by atoms with Crippen LogP contribution in [0.3, 0.4) is 0 Å². The molecule has 2 N–H and O–H groups in total. The Kier molecular flexibility index (Phi) is 6.22. The van der Waals surface area contributed by atoms with E-state index < -0.39 is 11.3 Å². The lowest BCUT2D eigenvalue weighted by molar-refractivity contribution is 0.302. The first kappa shape index (κ1) is 22.9. The van der Waals surface area contributed by atoms with Gasteiger partial charge in [-0.05, 0) is 74.4 Å². The molecule has 1 aromatic carbocycles. The number of hydrogen-bond donors (Lipinski definition) is 1. The highest BCUT2D eigenvalue weighted by Gasteiger charge is 2.54. The smallest absolute Gasteiger partial charge is 0.192 e. The van der Waals surface area contributed by atoms with E-state index in [1.54, 1.807) is 17.4 Å². The van der Waals surface area contributed by atoms with Gasteiger partial charge in [-0.15, -0.1) is 11.3 Å². The summed E-state index contributed by atoms with van der Waals surface area (Å²) in [6, 6.07) is 14.1. The molecule has 33 heavy (non-hydrogen) atoms. The fraction of sp³-hybridized carbons (Fsp3) is 0.346. The number of halogens is 1. The summed E-state index contributed by atoms with van der Waals surface area (Å²) >= 11 is 7.62. The average molecular weight is 475 g/mol. The van der Waals surface area contributed by atoms with Gasteiger partial charge < -0.3 is 10.5 Å². The minimum absolute atomic E-state index is 0.0741. The highest BCUT2D eigenvalue weighted by atomic mass is 35.5. The van der Waals surface area contributed by atoms with Gasteiger partial charge in [0, 0.05) is 26.3 Å². The van der Waals surface area contributed by atoms with Crippen molar-refractivity contribution in [2.75, 3.05) is 0 Å². The molecule has 2 atom stereocenters. The number of fused-ring (bicyclic) bond motifs is 1. The molecule has 5 nitrogen and oxygen atoms in total. The van der Waals surface area contributed by atoms with Crippen molar-refractivity contribution in [2.24, 2.45) is 17.1 Å². The number of hydrogen-bond acceptors (Lipinski definition) is 6. The molecule has 166 valence electrons. The number of nitriles is 3. The summed E-state index contributed by atoms with van der Waals surface area (Å²) in [5, 5.41) is 30.8. The van der Waals surface area contributed by atoms with Crippen LogP contribution in [0.5, 0.6) is 5.75 Å². The maximum absolute atomic E-state index is 10.2. The predicted octanol–water partition coefficient (Wildman–Crippen LogP) is 6.19. The van der Waals surface area contributed by atoms with Crippen molar-refractivity contribution in [3.63, 3.8) is 0 Å². The molecule has 0 aliphatic heterocycles. The largest absolute Gasteiger partial charge is 0.489 e. The molecule has 7 heteroatoms. The van der Waals surface area contributed by atoms with Crippen LogP contribution in [0.2, 0.25) is 5.02 Å². The standard InChI is InChI=1S/C26H23ClN4OS/c1-15-9-18(27)7-8-22(15)32-12-17-10-23(33-16(17)2)24-20-6-4-3-5-19(20)21(11-28)25(31)26(24,13-29)14-30/h5,7-10,20,24H,3-4,6,12,31H2,1-2H3. The molecule has 2 aliphatic rings. The third-order valence-corrected chi connectivity index (χ3v) is 8.08. The second-order valence-corrected chi connectivity index (χ2v) is 10.3. The van der Waals surface area contributed by atoms with Gasteiger partial charge in [-0.2, -0.15) is 15.8 Å². The normalized spacial score (nSPS) is 21.3. The van der Waals surface area contributed by atoms with Gasteiger partial charge in [-0.3, -0.25) is 0 Å². The third-order valence-electron chi connectivity index (χ3n) is 6.67. The Morgan fingerprint density at radius 1 is 1.21 bits per heavy atom. The van der Waals surface area contributed by atoms with Crippen LogP contribution in [0.15, 0.2) is 47.2 Å². The molecule has 0 bridgehead atoms. The molecule has 0 amide bonds. The number of ether oxygens (including phenoxy) is 1. The summed E-state index contributed by atoms with van der Waals surface area (Å²) in [6.45, 7) is 4.33. The van der Waals surface area contributed by atoms with E-state index >= 15 is 0 Å². The van der Waals surface area contributed by atoms with Gasteiger partial charge in [0.1, 0.15) is 18.4 Å². The lowest BCUT2D eigenvalue weighted by atomic mass is 9.58. The fourth-order valence-electron chi connectivity index (χ4n) is 4.95. The minimum atomic E-state index is -1.58. The van der Waals surface area contributed by atoms with E-state index in [0.29, 0.717) is 17.2 Å². The van der Waals surface area contributed by atoms with Gasteiger partial charge in [0.15, 0.2) is 5.41 Å². The van der Waals surface area contributed by atoms with Gasteiger partial charge in [-0.25, -0.2) is 0 Å². The van der Waals surface area contributed by atoms with Crippen LogP contribution in [0.25, 0.3) is 0 Å². The van der Waals surface area contributed by atoms with Crippen LogP contribution in [0, 0.1) is 59.2 Å². The lowest BCUT2D eigenvalue weighted by Gasteiger charge is -2.42. The van der Waals surface area contributed by atoms with Crippen molar-refractivity contribution >= 4 is 22.9 Å². The van der Waals surface area contributed by atoms with Crippen molar-refractivity contribution in [1.82, 2.24) is 0 Å². The molecule has 0 spiro atoms. The number of nitrogens with two attached hydrogens (primary N) is 1. The Hall–Kier alpha value is -3.24. The topological polar surface area (TPSA) is 107 Å². The zero-order chi connectivity index (χ0) is 23.8. The molecule has 1 aromatic heterocycles. The van der Waals surface area contributed by atoms with Crippen LogP contribution < -0.4 is 10.5 Å². The van der Waals surface area contributed by atoms with Gasteiger partial charge in [-0.1, -0.05) is 17.7 Å². The van der Waals surface area contributed by atoms with Crippen molar-refractivity contribution in [2.45, 2.75) is 45.6 Å². The van der Waals surface area contributed by atoms with E-state index in [0.717, 1.165) is 51.5 Å². The molecule has 0 saturated heterocycles. The Balaban J connectivity index is 1.75. The van der Waals surface area contributed by atoms with E-state index in [1.165, 1.54) is 0 Å². The SMILES string of the molecule is Cc1cc(Cl)ccc1OCc1cc(C2C3CCCC=C3C(C#N)=C(N)C2(C#N)C#N)sc1C. The molecule has 1 heterocycles. The van der Waals surface area contributed by atoms with E-state index in [9.17, 15) is 15.8 Å². The van der Waals surface area contributed by atoms with Crippen LogP contribution in [-0.2, 0) is 6.61 Å². The first-order valence-corrected chi connectivity index (χ1v) is 12.0. The van der Waals surface area contributed by atoms with Crippen LogP contribution >= 0.6 is 22.9 Å². The monoisotopic (exact) mass is 474 g/mol. The first-order chi connectivity index (χ1) is 15.9. The molecule has 2 unspecified atom stereocenters. The number of thiophene rings is 1. The number of allylic oxidation sites excluding steroid dienone is 4. The fourth-order valence-corrected chi connectivity index (χ4v) is 6.45. The zero-order valence-electron chi connectivity index (χ0n) is 18.5. The average Bonchev–Trinajstić information content (AvgIpc) is 3.17. The second-order valence-electron chi connectivity index (χ2n) is 8.54. The van der Waals surface area contributed by atoms with Crippen molar-refractivity contribution in [3.05, 3.63) is 73.1 Å². The Morgan fingerprint density at radius 3 is 2.64 bits per heavy atom. The number of rotatable bonds is 4. The first-order valence-electron chi connectivity index (χ1n) is 10.8. The van der Waals surface area contributed by atoms with Gasteiger partial charge in [0.25, 0.3) is 0 Å². The van der Waals surface area contributed by atoms with Crippen molar-refractivity contribution in [3.8, 4) is 24.0 Å². The summed E-state index contributed by atoms with van der Waals surface area (Å²) in [6.07, 6.45) is 4.68. The number of benzene rings is 1. The van der Waals surface area contributed by atoms with Crippen molar-refractivity contribution < 1.29 is 4.74 Å². The molecule has 0 radical (unpaired) electrons.